The van der Waals surface area contributed by atoms with Gasteiger partial charge in [-0.15, -0.1) is 0 Å². The van der Waals surface area contributed by atoms with Gasteiger partial charge in [-0.05, 0) is 12.7 Å². The van der Waals surface area contributed by atoms with Crippen LogP contribution in [0.25, 0.3) is 0 Å². The van der Waals surface area contributed by atoms with Crippen molar-refractivity contribution in [2.24, 2.45) is 4.99 Å². The molecular formula is C9H12N2OS. The number of nitrogens with zero attached hydrogens (tertiary/aromatic N) is 2. The smallest absolute Gasteiger partial charge is 0.214 e. The second kappa shape index (κ2) is 3.46. The maximum absolute atomic E-state index is 9.35. The van der Waals surface area contributed by atoms with E-state index in [-0.39, 0.29) is 5.88 Å². The molecule has 0 atom stereocenters. The summed E-state index contributed by atoms with van der Waals surface area (Å²) in [5, 5.41) is 9.35. The zero-order valence-electron chi connectivity index (χ0n) is 7.53. The van der Waals surface area contributed by atoms with Crippen molar-refractivity contribution < 1.29 is 5.11 Å². The van der Waals surface area contributed by atoms with Gasteiger partial charge in [-0.3, -0.25) is 0 Å². The Hall–Kier alpha value is -0.900. The lowest BCUT2D eigenvalue weighted by Crippen LogP contribution is -2.31. The second-order valence-electron chi connectivity index (χ2n) is 3.03. The average molecular weight is 196 g/mol. The molecule has 2 aliphatic heterocycles. The number of amidine groups is 1. The Balaban J connectivity index is 2.25. The minimum Gasteiger partial charge on any atom is -0.493 e. The molecular weight excluding hydrogens is 184 g/mol. The van der Waals surface area contributed by atoms with Crippen LogP contribution >= 0.6 is 11.8 Å². The molecule has 0 aromatic heterocycles. The molecule has 70 valence electrons. The van der Waals surface area contributed by atoms with E-state index in [9.17, 15) is 5.11 Å². The fourth-order valence-electron chi connectivity index (χ4n) is 1.59. The average Bonchev–Trinajstić information content (AvgIpc) is 2.52. The van der Waals surface area contributed by atoms with Crippen LogP contribution in [0.2, 0.25) is 0 Å². The van der Waals surface area contributed by atoms with E-state index in [2.05, 4.69) is 16.0 Å². The zero-order chi connectivity index (χ0) is 9.26. The van der Waals surface area contributed by atoms with E-state index >= 15 is 0 Å². The van der Waals surface area contributed by atoms with E-state index in [1.54, 1.807) is 17.8 Å². The third-order valence-corrected chi connectivity index (χ3v) is 2.67. The van der Waals surface area contributed by atoms with Crippen molar-refractivity contribution in [3.63, 3.8) is 0 Å². The standard InChI is InChI=1S/C9H12N2OS/c1-13-6-8-10-9(12)5-7-3-2-4-11(7)8/h3,5,12H,2,4,6H2,1H3. The van der Waals surface area contributed by atoms with E-state index in [0.29, 0.717) is 0 Å². The highest BCUT2D eigenvalue weighted by molar-refractivity contribution is 7.99. The lowest BCUT2D eigenvalue weighted by molar-refractivity contribution is 0.394. The maximum atomic E-state index is 9.35. The Morgan fingerprint density at radius 2 is 2.54 bits per heavy atom. The Bertz CT molecular complexity index is 307. The third kappa shape index (κ3) is 1.58. The van der Waals surface area contributed by atoms with Crippen LogP contribution in [0.15, 0.2) is 28.7 Å². The summed E-state index contributed by atoms with van der Waals surface area (Å²) in [6.07, 6.45) is 6.94. The van der Waals surface area contributed by atoms with E-state index in [1.165, 1.54) is 0 Å². The molecule has 0 saturated heterocycles. The molecule has 0 bridgehead atoms. The first kappa shape index (κ1) is 8.69. The Labute approximate surface area is 81.8 Å². The van der Waals surface area contributed by atoms with Crippen LogP contribution in [-0.4, -0.2) is 34.4 Å². The number of fused-ring (bicyclic) bond motifs is 1. The molecule has 0 fully saturated rings. The first-order valence-electron chi connectivity index (χ1n) is 4.26. The molecule has 1 N–H and O–H groups in total. The third-order valence-electron chi connectivity index (χ3n) is 2.12. The van der Waals surface area contributed by atoms with Gasteiger partial charge in [0.1, 0.15) is 5.84 Å². The molecule has 0 unspecified atom stereocenters. The lowest BCUT2D eigenvalue weighted by atomic mass is 10.3. The van der Waals surface area contributed by atoms with Crippen molar-refractivity contribution in [2.75, 3.05) is 18.6 Å². The molecule has 13 heavy (non-hydrogen) atoms. The van der Waals surface area contributed by atoms with Crippen LogP contribution in [0.4, 0.5) is 0 Å². The van der Waals surface area contributed by atoms with E-state index in [1.807, 2.05) is 6.26 Å². The van der Waals surface area contributed by atoms with Gasteiger partial charge in [0.2, 0.25) is 5.88 Å². The summed E-state index contributed by atoms with van der Waals surface area (Å²) in [5.41, 5.74) is 1.09. The number of aliphatic imine (C=N–C) groups is 1. The fourth-order valence-corrected chi connectivity index (χ4v) is 2.07. The number of thioether (sulfide) groups is 1. The maximum Gasteiger partial charge on any atom is 0.214 e. The Morgan fingerprint density at radius 1 is 1.69 bits per heavy atom. The number of hydrogen-bond donors (Lipinski definition) is 1. The van der Waals surface area contributed by atoms with Crippen LogP contribution in [0, 0.1) is 0 Å². The molecule has 2 rings (SSSR count). The molecule has 0 aliphatic carbocycles. The second-order valence-corrected chi connectivity index (χ2v) is 3.90. The molecule has 0 spiro atoms. The molecule has 0 saturated carbocycles. The fraction of sp³-hybridized carbons (Fsp3) is 0.444. The number of hydrogen-bond acceptors (Lipinski definition) is 4. The van der Waals surface area contributed by atoms with E-state index < -0.39 is 0 Å². The highest BCUT2D eigenvalue weighted by atomic mass is 32.2. The molecule has 2 aliphatic rings. The van der Waals surface area contributed by atoms with Gasteiger partial charge in [-0.1, -0.05) is 6.08 Å². The molecule has 4 heteroatoms. The monoisotopic (exact) mass is 196 g/mol. The molecule has 0 amide bonds. The number of aliphatic hydroxyl groups excluding tert-OH is 1. The molecule has 0 aromatic rings. The topological polar surface area (TPSA) is 35.8 Å². The van der Waals surface area contributed by atoms with Gasteiger partial charge in [0, 0.05) is 18.3 Å². The van der Waals surface area contributed by atoms with Crippen LogP contribution in [0.1, 0.15) is 6.42 Å². The molecule has 2 heterocycles. The molecule has 3 nitrogen and oxygen atoms in total. The number of aliphatic hydroxyl groups is 1. The van der Waals surface area contributed by atoms with Crippen LogP contribution < -0.4 is 0 Å². The molecule has 0 radical (unpaired) electrons. The van der Waals surface area contributed by atoms with Crippen LogP contribution in [0.5, 0.6) is 0 Å². The summed E-state index contributed by atoms with van der Waals surface area (Å²) in [6, 6.07) is 0. The Morgan fingerprint density at radius 3 is 3.31 bits per heavy atom. The molecule has 0 aromatic carbocycles. The van der Waals surface area contributed by atoms with Crippen molar-refractivity contribution >= 4 is 17.6 Å². The zero-order valence-corrected chi connectivity index (χ0v) is 8.34. The first-order chi connectivity index (χ1) is 6.31. The SMILES string of the molecule is CSCC1=NC(O)=CC2=CCCN21. The summed E-state index contributed by atoms with van der Waals surface area (Å²) in [6.45, 7) is 0.999. The van der Waals surface area contributed by atoms with Crippen molar-refractivity contribution in [3.05, 3.63) is 23.7 Å². The summed E-state index contributed by atoms with van der Waals surface area (Å²) < 4.78 is 0. The Kier molecular flexibility index (Phi) is 2.31. The van der Waals surface area contributed by atoms with Crippen molar-refractivity contribution in [3.8, 4) is 0 Å². The van der Waals surface area contributed by atoms with Gasteiger partial charge in [0.05, 0.1) is 5.75 Å². The van der Waals surface area contributed by atoms with Gasteiger partial charge in [-0.25, -0.2) is 0 Å². The normalized spacial score (nSPS) is 20.7. The first-order valence-corrected chi connectivity index (χ1v) is 5.65. The number of allylic oxidation sites excluding steroid dienone is 1. The summed E-state index contributed by atoms with van der Waals surface area (Å²) in [7, 11) is 0. The minimum absolute atomic E-state index is 0.133. The lowest BCUT2D eigenvalue weighted by Gasteiger charge is -2.24. The predicted octanol–water partition coefficient (Wildman–Crippen LogP) is 1.75. The van der Waals surface area contributed by atoms with Crippen molar-refractivity contribution in [1.29, 1.82) is 0 Å². The number of rotatable bonds is 2. The van der Waals surface area contributed by atoms with E-state index in [0.717, 1.165) is 30.3 Å². The van der Waals surface area contributed by atoms with Gasteiger partial charge < -0.3 is 10.0 Å². The summed E-state index contributed by atoms with van der Waals surface area (Å²) in [4.78, 5) is 6.28. The quantitative estimate of drug-likeness (QED) is 0.731. The van der Waals surface area contributed by atoms with Crippen LogP contribution in [0.3, 0.4) is 0 Å². The van der Waals surface area contributed by atoms with Crippen molar-refractivity contribution in [1.82, 2.24) is 4.90 Å². The largest absolute Gasteiger partial charge is 0.493 e. The van der Waals surface area contributed by atoms with E-state index in [4.69, 9.17) is 0 Å². The van der Waals surface area contributed by atoms with Crippen molar-refractivity contribution in [2.45, 2.75) is 6.42 Å². The predicted molar refractivity (Wildman–Crippen MR) is 55.9 cm³/mol. The van der Waals surface area contributed by atoms with Gasteiger partial charge in [0.25, 0.3) is 0 Å². The minimum atomic E-state index is 0.133. The van der Waals surface area contributed by atoms with Gasteiger partial charge in [-0.2, -0.15) is 16.8 Å². The highest BCUT2D eigenvalue weighted by Gasteiger charge is 2.22. The van der Waals surface area contributed by atoms with Gasteiger partial charge in [0.15, 0.2) is 0 Å². The summed E-state index contributed by atoms with van der Waals surface area (Å²) in [5.74, 6) is 1.96. The summed E-state index contributed by atoms with van der Waals surface area (Å²) >= 11 is 1.72. The highest BCUT2D eigenvalue weighted by Crippen LogP contribution is 2.23. The van der Waals surface area contributed by atoms with Crippen LogP contribution in [-0.2, 0) is 0 Å². The van der Waals surface area contributed by atoms with Gasteiger partial charge >= 0.3 is 0 Å².